The monoisotopic (exact) mass is 316 g/mol. The highest BCUT2D eigenvalue weighted by molar-refractivity contribution is 5.37. The smallest absolute Gasteiger partial charge is 0.165 e. The van der Waals surface area contributed by atoms with Crippen LogP contribution in [0.3, 0.4) is 0 Å². The van der Waals surface area contributed by atoms with E-state index >= 15 is 0 Å². The molecule has 1 aliphatic rings. The summed E-state index contributed by atoms with van der Waals surface area (Å²) >= 11 is 0. The zero-order chi connectivity index (χ0) is 16.1. The Hall–Kier alpha value is -2.21. The second-order valence-corrected chi connectivity index (χ2v) is 5.72. The summed E-state index contributed by atoms with van der Waals surface area (Å²) in [5, 5.41) is 11.6. The third-order valence-electron chi connectivity index (χ3n) is 4.11. The van der Waals surface area contributed by atoms with E-state index in [0.717, 1.165) is 37.3 Å². The van der Waals surface area contributed by atoms with Crippen molar-refractivity contribution in [1.29, 1.82) is 0 Å². The van der Waals surface area contributed by atoms with E-state index in [9.17, 15) is 4.39 Å². The Balaban J connectivity index is 1.57. The molecule has 0 bridgehead atoms. The van der Waals surface area contributed by atoms with Crippen LogP contribution in [0.2, 0.25) is 0 Å². The average molecular weight is 316 g/mol. The second-order valence-electron chi connectivity index (χ2n) is 5.72. The minimum Gasteiger partial charge on any atom is -0.494 e. The molecular weight excluding hydrogens is 295 g/mol. The molecule has 1 fully saturated rings. The molecule has 0 radical (unpaired) electrons. The lowest BCUT2D eigenvalue weighted by Crippen LogP contribution is -2.45. The molecule has 1 atom stereocenters. The van der Waals surface area contributed by atoms with Crippen LogP contribution in [0.1, 0.15) is 18.4 Å². The standard InChI is InChI=1S/C17H21FN4O/c1-23-16-7-6-13(10-15(16)18)11-19-14-4-3-9-22(12-14)17-5-2-8-20-21-17/h2,5-8,10,14,19H,3-4,9,11-12H2,1H3/t14-/m0/s1. The van der Waals surface area contributed by atoms with Gasteiger partial charge < -0.3 is 15.0 Å². The first-order valence-corrected chi connectivity index (χ1v) is 7.84. The molecule has 6 heteroatoms. The van der Waals surface area contributed by atoms with Gasteiger partial charge in [-0.2, -0.15) is 5.10 Å². The molecule has 23 heavy (non-hydrogen) atoms. The van der Waals surface area contributed by atoms with Gasteiger partial charge in [0, 0.05) is 31.9 Å². The van der Waals surface area contributed by atoms with Crippen LogP contribution in [0.5, 0.6) is 5.75 Å². The number of rotatable bonds is 5. The van der Waals surface area contributed by atoms with Crippen LogP contribution in [0.15, 0.2) is 36.5 Å². The van der Waals surface area contributed by atoms with Crippen LogP contribution in [0.25, 0.3) is 0 Å². The third kappa shape index (κ3) is 3.96. The zero-order valence-corrected chi connectivity index (χ0v) is 13.2. The minimum absolute atomic E-state index is 0.278. The lowest BCUT2D eigenvalue weighted by Gasteiger charge is -2.33. The molecule has 0 unspecified atom stereocenters. The van der Waals surface area contributed by atoms with E-state index in [4.69, 9.17) is 4.74 Å². The van der Waals surface area contributed by atoms with Crippen LogP contribution in [-0.4, -0.2) is 36.4 Å². The van der Waals surface area contributed by atoms with E-state index in [0.29, 0.717) is 12.6 Å². The van der Waals surface area contributed by atoms with Crippen molar-refractivity contribution in [3.63, 3.8) is 0 Å². The molecule has 0 amide bonds. The molecule has 1 aromatic heterocycles. The molecule has 2 heterocycles. The van der Waals surface area contributed by atoms with Gasteiger partial charge in [-0.25, -0.2) is 4.39 Å². The molecule has 1 aliphatic heterocycles. The van der Waals surface area contributed by atoms with Crippen molar-refractivity contribution < 1.29 is 9.13 Å². The lowest BCUT2D eigenvalue weighted by molar-refractivity contribution is 0.385. The van der Waals surface area contributed by atoms with Gasteiger partial charge in [-0.05, 0) is 42.7 Å². The summed E-state index contributed by atoms with van der Waals surface area (Å²) in [5.74, 6) is 0.867. The number of hydrogen-bond donors (Lipinski definition) is 1. The normalized spacial score (nSPS) is 18.0. The Bertz CT molecular complexity index is 638. The van der Waals surface area contributed by atoms with E-state index in [1.165, 1.54) is 13.2 Å². The fraction of sp³-hybridized carbons (Fsp3) is 0.412. The van der Waals surface area contributed by atoms with Crippen LogP contribution in [0.4, 0.5) is 10.2 Å². The van der Waals surface area contributed by atoms with Crippen LogP contribution < -0.4 is 15.0 Å². The van der Waals surface area contributed by atoms with Gasteiger partial charge in [0.25, 0.3) is 0 Å². The number of aromatic nitrogens is 2. The largest absolute Gasteiger partial charge is 0.494 e. The van der Waals surface area contributed by atoms with Gasteiger partial charge in [-0.3, -0.25) is 0 Å². The van der Waals surface area contributed by atoms with Crippen molar-refractivity contribution in [3.8, 4) is 5.75 Å². The first kappa shape index (κ1) is 15.7. The highest BCUT2D eigenvalue weighted by Gasteiger charge is 2.20. The van der Waals surface area contributed by atoms with Crippen LogP contribution in [-0.2, 0) is 6.54 Å². The maximum absolute atomic E-state index is 13.7. The van der Waals surface area contributed by atoms with E-state index in [1.807, 2.05) is 18.2 Å². The topological polar surface area (TPSA) is 50.3 Å². The number of nitrogens with one attached hydrogen (secondary N) is 1. The Morgan fingerprint density at radius 2 is 2.30 bits per heavy atom. The number of ether oxygens (including phenoxy) is 1. The van der Waals surface area contributed by atoms with E-state index < -0.39 is 0 Å². The molecule has 1 saturated heterocycles. The van der Waals surface area contributed by atoms with Crippen molar-refractivity contribution in [2.24, 2.45) is 0 Å². The van der Waals surface area contributed by atoms with Gasteiger partial charge in [-0.15, -0.1) is 5.10 Å². The molecule has 0 aliphatic carbocycles. The summed E-state index contributed by atoms with van der Waals surface area (Å²) < 4.78 is 18.7. The molecule has 0 spiro atoms. The summed E-state index contributed by atoms with van der Waals surface area (Å²) in [6, 6.07) is 9.32. The van der Waals surface area contributed by atoms with Gasteiger partial charge in [0.15, 0.2) is 17.4 Å². The van der Waals surface area contributed by atoms with Gasteiger partial charge >= 0.3 is 0 Å². The van der Waals surface area contributed by atoms with E-state index in [-0.39, 0.29) is 11.6 Å². The summed E-state index contributed by atoms with van der Waals surface area (Å²) in [6.07, 6.45) is 3.89. The summed E-state index contributed by atoms with van der Waals surface area (Å²) in [4.78, 5) is 2.24. The van der Waals surface area contributed by atoms with Crippen molar-refractivity contribution in [1.82, 2.24) is 15.5 Å². The van der Waals surface area contributed by atoms with Crippen molar-refractivity contribution in [2.45, 2.75) is 25.4 Å². The van der Waals surface area contributed by atoms with Crippen molar-refractivity contribution >= 4 is 5.82 Å². The molecule has 122 valence electrons. The minimum atomic E-state index is -0.323. The van der Waals surface area contributed by atoms with E-state index in [2.05, 4.69) is 20.4 Å². The van der Waals surface area contributed by atoms with Gasteiger partial charge in [0.1, 0.15) is 0 Å². The molecule has 0 saturated carbocycles. The summed E-state index contributed by atoms with van der Waals surface area (Å²) in [7, 11) is 1.47. The Labute approximate surface area is 135 Å². The van der Waals surface area contributed by atoms with Crippen LogP contribution in [0, 0.1) is 5.82 Å². The quantitative estimate of drug-likeness (QED) is 0.918. The number of piperidine rings is 1. The average Bonchev–Trinajstić information content (AvgIpc) is 2.61. The van der Waals surface area contributed by atoms with Crippen molar-refractivity contribution in [3.05, 3.63) is 47.9 Å². The fourth-order valence-electron chi connectivity index (χ4n) is 2.90. The first-order chi connectivity index (χ1) is 11.3. The number of methoxy groups -OCH3 is 1. The third-order valence-corrected chi connectivity index (χ3v) is 4.11. The maximum atomic E-state index is 13.7. The zero-order valence-electron chi connectivity index (χ0n) is 13.2. The van der Waals surface area contributed by atoms with E-state index in [1.54, 1.807) is 12.3 Å². The van der Waals surface area contributed by atoms with Gasteiger partial charge in [0.2, 0.25) is 0 Å². The number of benzene rings is 1. The van der Waals surface area contributed by atoms with Gasteiger partial charge in [-0.1, -0.05) is 6.07 Å². The number of halogens is 1. The van der Waals surface area contributed by atoms with Crippen molar-refractivity contribution in [2.75, 3.05) is 25.1 Å². The Kier molecular flexibility index (Phi) is 5.02. The predicted molar refractivity (Wildman–Crippen MR) is 87.1 cm³/mol. The number of hydrogen-bond acceptors (Lipinski definition) is 5. The SMILES string of the molecule is COc1ccc(CN[C@H]2CCCN(c3cccnn3)C2)cc1F. The first-order valence-electron chi connectivity index (χ1n) is 7.84. The number of nitrogens with zero attached hydrogens (tertiary/aromatic N) is 3. The highest BCUT2D eigenvalue weighted by atomic mass is 19.1. The molecule has 2 aromatic rings. The molecule has 3 rings (SSSR count). The predicted octanol–water partition coefficient (Wildman–Crippen LogP) is 2.38. The van der Waals surface area contributed by atoms with Crippen LogP contribution >= 0.6 is 0 Å². The fourth-order valence-corrected chi connectivity index (χ4v) is 2.90. The Morgan fingerprint density at radius 1 is 1.39 bits per heavy atom. The second kappa shape index (κ2) is 7.37. The summed E-state index contributed by atoms with van der Waals surface area (Å²) in [6.45, 7) is 2.52. The lowest BCUT2D eigenvalue weighted by atomic mass is 10.1. The Morgan fingerprint density at radius 3 is 3.04 bits per heavy atom. The molecule has 5 nitrogen and oxygen atoms in total. The molecule has 1 aromatic carbocycles. The summed E-state index contributed by atoms with van der Waals surface area (Å²) in [5.41, 5.74) is 0.917. The molecule has 1 N–H and O–H groups in total. The molecular formula is C17H21FN4O. The highest BCUT2D eigenvalue weighted by Crippen LogP contribution is 2.19. The van der Waals surface area contributed by atoms with Gasteiger partial charge in [0.05, 0.1) is 7.11 Å². The number of anilines is 1. The maximum Gasteiger partial charge on any atom is 0.165 e.